The largest absolute Gasteiger partial charge is 0.496 e. The first kappa shape index (κ1) is 22.1. The third-order valence-electron chi connectivity index (χ3n) is 8.28. The van der Waals surface area contributed by atoms with E-state index in [1.54, 1.807) is 7.11 Å². The topological polar surface area (TPSA) is 31.0 Å². The number of benzene rings is 3. The molecule has 176 valence electrons. The van der Waals surface area contributed by atoms with E-state index in [2.05, 4.69) is 78.9 Å². The first-order valence-corrected chi connectivity index (χ1v) is 14.4. The maximum atomic E-state index is 7.26. The Morgan fingerprint density at radius 3 is 2.21 bits per heavy atom. The molecule has 1 aliphatic heterocycles. The van der Waals surface area contributed by atoms with Crippen LogP contribution in [-0.2, 0) is 22.0 Å². The SMILES string of the molecule is COc1cccc2c1C[C@H]1C[C@@H](O[SiH](c3ccccc3)c3ccccc3)[C@H](CC[C@@H]3CO3)[C@H]1C2. The summed E-state index contributed by atoms with van der Waals surface area (Å²) in [5, 5.41) is 2.75. The molecule has 2 aliphatic carbocycles. The number of hydrogen-bond donors (Lipinski definition) is 0. The fourth-order valence-corrected chi connectivity index (χ4v) is 9.02. The fraction of sp³-hybridized carbons (Fsp3) is 0.400. The molecule has 3 aliphatic rings. The monoisotopic (exact) mass is 470 g/mol. The van der Waals surface area contributed by atoms with Crippen molar-refractivity contribution in [3.63, 3.8) is 0 Å². The number of methoxy groups -OCH3 is 1. The first-order chi connectivity index (χ1) is 16.8. The van der Waals surface area contributed by atoms with E-state index in [4.69, 9.17) is 13.9 Å². The molecular weight excluding hydrogens is 436 g/mol. The summed E-state index contributed by atoms with van der Waals surface area (Å²) < 4.78 is 18.6. The van der Waals surface area contributed by atoms with Gasteiger partial charge in [0, 0.05) is 6.10 Å². The van der Waals surface area contributed by atoms with E-state index in [0.717, 1.165) is 31.6 Å². The average molecular weight is 471 g/mol. The van der Waals surface area contributed by atoms with Gasteiger partial charge in [0.25, 0.3) is 0 Å². The zero-order chi connectivity index (χ0) is 22.9. The van der Waals surface area contributed by atoms with Crippen LogP contribution in [0.1, 0.15) is 30.4 Å². The van der Waals surface area contributed by atoms with Gasteiger partial charge in [0.2, 0.25) is 9.04 Å². The maximum Gasteiger partial charge on any atom is 0.240 e. The third-order valence-corrected chi connectivity index (χ3v) is 10.9. The molecule has 0 bridgehead atoms. The van der Waals surface area contributed by atoms with Crippen LogP contribution in [-0.4, -0.2) is 35.0 Å². The summed E-state index contributed by atoms with van der Waals surface area (Å²) in [6.07, 6.45) is 6.58. The predicted octanol–water partition coefficient (Wildman–Crippen LogP) is 4.15. The van der Waals surface area contributed by atoms with E-state index >= 15 is 0 Å². The molecule has 0 radical (unpaired) electrons. The van der Waals surface area contributed by atoms with E-state index in [-0.39, 0.29) is 0 Å². The molecule has 6 rings (SSSR count). The van der Waals surface area contributed by atoms with E-state index in [0.29, 0.717) is 30.0 Å². The fourth-order valence-electron chi connectivity index (χ4n) is 6.52. The third kappa shape index (κ3) is 4.47. The molecule has 1 saturated carbocycles. The average Bonchev–Trinajstić information content (AvgIpc) is 3.66. The minimum Gasteiger partial charge on any atom is -0.496 e. The Labute approximate surface area is 204 Å². The standard InChI is InChI=1S/C30H34O3Si/c1-31-29-14-8-9-21-17-27-22(18-28(21)29)19-30(26(27)16-15-23-20-32-23)33-34(24-10-4-2-5-11-24)25-12-6-3-7-13-25/h2-14,22-23,26-27,30,34H,15-20H2,1H3/t22-,23+,26+,27-,30+/m0/s1. The highest BCUT2D eigenvalue weighted by atomic mass is 28.3. The Kier molecular flexibility index (Phi) is 6.29. The molecule has 0 amide bonds. The van der Waals surface area contributed by atoms with Crippen molar-refractivity contribution < 1.29 is 13.9 Å². The Morgan fingerprint density at radius 2 is 1.56 bits per heavy atom. The van der Waals surface area contributed by atoms with Crippen LogP contribution in [0.4, 0.5) is 0 Å². The van der Waals surface area contributed by atoms with Gasteiger partial charge in [-0.05, 0) is 77.4 Å². The van der Waals surface area contributed by atoms with E-state index < -0.39 is 9.04 Å². The van der Waals surface area contributed by atoms with Gasteiger partial charge < -0.3 is 13.9 Å². The second-order valence-corrected chi connectivity index (χ2v) is 12.6. The Hall–Kier alpha value is -2.40. The Bertz CT molecular complexity index is 1060. The molecule has 0 spiro atoms. The molecule has 5 atom stereocenters. The number of rotatable bonds is 8. The lowest BCUT2D eigenvalue weighted by molar-refractivity contribution is 0.134. The van der Waals surface area contributed by atoms with E-state index in [1.807, 2.05) is 0 Å². The highest BCUT2D eigenvalue weighted by Gasteiger charge is 2.47. The van der Waals surface area contributed by atoms with Gasteiger partial charge in [0.15, 0.2) is 0 Å². The first-order valence-electron chi connectivity index (χ1n) is 12.8. The van der Waals surface area contributed by atoms with Crippen molar-refractivity contribution in [2.45, 2.75) is 44.3 Å². The lowest BCUT2D eigenvalue weighted by Crippen LogP contribution is -2.48. The summed E-state index contributed by atoms with van der Waals surface area (Å²) in [5.74, 6) is 3.00. The van der Waals surface area contributed by atoms with Crippen LogP contribution in [0.5, 0.6) is 5.75 Å². The lowest BCUT2D eigenvalue weighted by Gasteiger charge is -2.33. The Balaban J connectivity index is 1.30. The van der Waals surface area contributed by atoms with Crippen molar-refractivity contribution in [2.75, 3.05) is 13.7 Å². The zero-order valence-corrected chi connectivity index (χ0v) is 21.1. The van der Waals surface area contributed by atoms with Crippen molar-refractivity contribution in [2.24, 2.45) is 17.8 Å². The van der Waals surface area contributed by atoms with Crippen LogP contribution in [0.25, 0.3) is 0 Å². The van der Waals surface area contributed by atoms with Gasteiger partial charge in [-0.2, -0.15) is 0 Å². The molecule has 1 heterocycles. The van der Waals surface area contributed by atoms with Crippen LogP contribution < -0.4 is 15.1 Å². The maximum absolute atomic E-state index is 7.26. The lowest BCUT2D eigenvalue weighted by atomic mass is 9.73. The summed E-state index contributed by atoms with van der Waals surface area (Å²) in [6, 6.07) is 28.5. The number of epoxide rings is 1. The van der Waals surface area contributed by atoms with Crippen molar-refractivity contribution >= 4 is 19.4 Å². The highest BCUT2D eigenvalue weighted by Crippen LogP contribution is 2.49. The molecule has 0 N–H and O–H groups in total. The molecule has 3 aromatic rings. The van der Waals surface area contributed by atoms with Crippen molar-refractivity contribution in [3.05, 3.63) is 90.0 Å². The van der Waals surface area contributed by atoms with Crippen molar-refractivity contribution in [1.82, 2.24) is 0 Å². The van der Waals surface area contributed by atoms with Crippen molar-refractivity contribution in [3.8, 4) is 5.75 Å². The summed E-state index contributed by atoms with van der Waals surface area (Å²) in [7, 11) is 0.0229. The zero-order valence-electron chi connectivity index (χ0n) is 19.9. The second-order valence-electron chi connectivity index (χ2n) is 10.2. The summed E-state index contributed by atoms with van der Waals surface area (Å²) in [4.78, 5) is 0. The predicted molar refractivity (Wildman–Crippen MR) is 139 cm³/mol. The number of ether oxygens (including phenoxy) is 2. The summed E-state index contributed by atoms with van der Waals surface area (Å²) in [6.45, 7) is 0.942. The molecule has 0 aromatic heterocycles. The molecule has 0 unspecified atom stereocenters. The van der Waals surface area contributed by atoms with Crippen molar-refractivity contribution in [1.29, 1.82) is 0 Å². The molecule has 1 saturated heterocycles. The van der Waals surface area contributed by atoms with Crippen LogP contribution in [0, 0.1) is 17.8 Å². The number of fused-ring (bicyclic) bond motifs is 2. The van der Waals surface area contributed by atoms with Gasteiger partial charge in [-0.25, -0.2) is 0 Å². The van der Waals surface area contributed by atoms with Gasteiger partial charge in [0.1, 0.15) is 5.75 Å². The normalized spacial score (nSPS) is 27.3. The molecular formula is C30H34O3Si. The second kappa shape index (κ2) is 9.69. The minimum atomic E-state index is -1.78. The van der Waals surface area contributed by atoms with Gasteiger partial charge in [-0.3, -0.25) is 0 Å². The highest BCUT2D eigenvalue weighted by molar-refractivity contribution is 6.80. The number of hydrogen-bond acceptors (Lipinski definition) is 3. The molecule has 3 nitrogen and oxygen atoms in total. The molecule has 34 heavy (non-hydrogen) atoms. The minimum absolute atomic E-state index is 0.311. The van der Waals surface area contributed by atoms with Crippen LogP contribution in [0.3, 0.4) is 0 Å². The van der Waals surface area contributed by atoms with E-state index in [9.17, 15) is 0 Å². The van der Waals surface area contributed by atoms with Crippen LogP contribution in [0.15, 0.2) is 78.9 Å². The Morgan fingerprint density at radius 1 is 0.853 bits per heavy atom. The molecule has 3 aromatic carbocycles. The molecule has 4 heteroatoms. The van der Waals surface area contributed by atoms with Gasteiger partial charge >= 0.3 is 0 Å². The quantitative estimate of drug-likeness (QED) is 0.366. The van der Waals surface area contributed by atoms with E-state index in [1.165, 1.54) is 34.3 Å². The van der Waals surface area contributed by atoms with Crippen LogP contribution >= 0.6 is 0 Å². The smallest absolute Gasteiger partial charge is 0.240 e. The van der Waals surface area contributed by atoms with Gasteiger partial charge in [-0.1, -0.05) is 72.8 Å². The van der Waals surface area contributed by atoms with Gasteiger partial charge in [0.05, 0.1) is 19.8 Å². The summed E-state index contributed by atoms with van der Waals surface area (Å²) >= 11 is 0. The van der Waals surface area contributed by atoms with Gasteiger partial charge in [-0.15, -0.1) is 0 Å². The van der Waals surface area contributed by atoms with Crippen LogP contribution in [0.2, 0.25) is 0 Å². The summed E-state index contributed by atoms with van der Waals surface area (Å²) in [5.41, 5.74) is 2.91. The molecule has 2 fully saturated rings.